The van der Waals surface area contributed by atoms with Gasteiger partial charge in [-0.15, -0.1) is 0 Å². The second-order valence-corrected chi connectivity index (χ2v) is 6.43. The van der Waals surface area contributed by atoms with Crippen LogP contribution in [0.15, 0.2) is 24.3 Å². The molecule has 2 rings (SSSR count). The van der Waals surface area contributed by atoms with Gasteiger partial charge in [-0.2, -0.15) is 0 Å². The third-order valence-electron chi connectivity index (χ3n) is 4.47. The lowest BCUT2D eigenvalue weighted by Gasteiger charge is -2.35. The highest BCUT2D eigenvalue weighted by Gasteiger charge is 2.40. The average Bonchev–Trinajstić information content (AvgIpc) is 2.65. The van der Waals surface area contributed by atoms with Crippen molar-refractivity contribution in [2.75, 3.05) is 31.7 Å². The second kappa shape index (κ2) is 10.4. The van der Waals surface area contributed by atoms with Crippen molar-refractivity contribution in [1.29, 1.82) is 0 Å². The molecule has 1 aromatic carbocycles. The summed E-state index contributed by atoms with van der Waals surface area (Å²) in [7, 11) is 0. The van der Waals surface area contributed by atoms with Crippen molar-refractivity contribution in [2.45, 2.75) is 58.0 Å². The number of benzene rings is 1. The molecule has 0 aliphatic heterocycles. The van der Waals surface area contributed by atoms with Gasteiger partial charge < -0.3 is 19.5 Å². The summed E-state index contributed by atoms with van der Waals surface area (Å²) in [6.07, 6.45) is 5.80. The first kappa shape index (κ1) is 19.7. The number of nitrogens with one attached hydrogen (secondary N) is 1. The number of hydrogen-bond donors (Lipinski definition) is 1. The van der Waals surface area contributed by atoms with Crippen LogP contribution in [0.5, 0.6) is 5.75 Å². The van der Waals surface area contributed by atoms with Crippen molar-refractivity contribution in [1.82, 2.24) is 0 Å². The van der Waals surface area contributed by atoms with Gasteiger partial charge in [0.15, 0.2) is 0 Å². The lowest BCUT2D eigenvalue weighted by molar-refractivity contribution is -0.146. The third kappa shape index (κ3) is 6.01. The molecular weight excluding hydrogens is 318 g/mol. The second-order valence-electron chi connectivity index (χ2n) is 6.43. The molecule has 25 heavy (non-hydrogen) atoms. The van der Waals surface area contributed by atoms with Crippen molar-refractivity contribution in [3.05, 3.63) is 24.3 Å². The molecule has 5 nitrogen and oxygen atoms in total. The number of anilines is 1. The van der Waals surface area contributed by atoms with E-state index in [1.54, 1.807) is 0 Å². The van der Waals surface area contributed by atoms with Crippen LogP contribution in [0.1, 0.15) is 52.4 Å². The Morgan fingerprint density at radius 2 is 1.76 bits per heavy atom. The summed E-state index contributed by atoms with van der Waals surface area (Å²) in [5.41, 5.74) is 0.105. The highest BCUT2D eigenvalue weighted by atomic mass is 16.5. The summed E-state index contributed by atoms with van der Waals surface area (Å²) in [6, 6.07) is 7.46. The molecule has 0 bridgehead atoms. The Kier molecular flexibility index (Phi) is 8.22. The molecule has 1 amide bonds. The molecule has 1 fully saturated rings. The average molecular weight is 349 g/mol. The monoisotopic (exact) mass is 349 g/mol. The molecule has 1 aromatic rings. The van der Waals surface area contributed by atoms with Gasteiger partial charge in [-0.25, -0.2) is 0 Å². The first-order chi connectivity index (χ1) is 12.2. The minimum atomic E-state index is -0.666. The Morgan fingerprint density at radius 1 is 1.04 bits per heavy atom. The zero-order valence-corrected chi connectivity index (χ0v) is 15.5. The molecule has 5 heteroatoms. The fraction of sp³-hybridized carbons (Fsp3) is 0.650. The van der Waals surface area contributed by atoms with Gasteiger partial charge in [-0.1, -0.05) is 26.2 Å². The maximum Gasteiger partial charge on any atom is 0.256 e. The number of rotatable bonds is 10. The topological polar surface area (TPSA) is 56.8 Å². The zero-order valence-electron chi connectivity index (χ0n) is 15.5. The smallest absolute Gasteiger partial charge is 0.256 e. The van der Waals surface area contributed by atoms with E-state index in [1.165, 1.54) is 6.42 Å². The molecule has 1 saturated carbocycles. The fourth-order valence-corrected chi connectivity index (χ4v) is 3.10. The van der Waals surface area contributed by atoms with E-state index < -0.39 is 5.60 Å². The Bertz CT molecular complexity index is 509. The summed E-state index contributed by atoms with van der Waals surface area (Å²) >= 11 is 0. The van der Waals surface area contributed by atoms with E-state index in [9.17, 15) is 4.79 Å². The van der Waals surface area contributed by atoms with Crippen LogP contribution < -0.4 is 10.1 Å². The predicted octanol–water partition coefficient (Wildman–Crippen LogP) is 4.17. The Morgan fingerprint density at radius 3 is 2.40 bits per heavy atom. The van der Waals surface area contributed by atoms with E-state index in [1.807, 2.05) is 31.2 Å². The Hall–Kier alpha value is -1.59. The van der Waals surface area contributed by atoms with Gasteiger partial charge in [0, 0.05) is 18.9 Å². The predicted molar refractivity (Wildman–Crippen MR) is 99.1 cm³/mol. The number of carbonyl (C=O) groups is 1. The molecule has 0 atom stereocenters. The van der Waals surface area contributed by atoms with Crippen LogP contribution >= 0.6 is 0 Å². The minimum absolute atomic E-state index is 0.0225. The maximum atomic E-state index is 12.8. The Labute approximate surface area is 151 Å². The molecule has 0 radical (unpaired) electrons. The number of carbonyl (C=O) groups excluding carboxylic acids is 1. The van der Waals surface area contributed by atoms with Gasteiger partial charge >= 0.3 is 0 Å². The van der Waals surface area contributed by atoms with Crippen molar-refractivity contribution in [3.8, 4) is 5.75 Å². The summed E-state index contributed by atoms with van der Waals surface area (Å²) < 4.78 is 16.8. The quantitative estimate of drug-likeness (QED) is 0.644. The summed E-state index contributed by atoms with van der Waals surface area (Å²) in [4.78, 5) is 12.8. The SMILES string of the molecule is CCCOC1(C(=O)Nc2ccc(OCCOCC)cc2)CCCCC1. The van der Waals surface area contributed by atoms with E-state index in [4.69, 9.17) is 14.2 Å². The molecule has 0 heterocycles. The van der Waals surface area contributed by atoms with Gasteiger partial charge in [0.25, 0.3) is 5.91 Å². The highest BCUT2D eigenvalue weighted by Crippen LogP contribution is 2.33. The fourth-order valence-electron chi connectivity index (χ4n) is 3.10. The van der Waals surface area contributed by atoms with Crippen LogP contribution in [-0.4, -0.2) is 37.9 Å². The van der Waals surface area contributed by atoms with E-state index in [-0.39, 0.29) is 5.91 Å². The van der Waals surface area contributed by atoms with Crippen molar-refractivity contribution in [3.63, 3.8) is 0 Å². The molecule has 1 aliphatic rings. The zero-order chi connectivity index (χ0) is 18.0. The van der Waals surface area contributed by atoms with Crippen LogP contribution in [0.2, 0.25) is 0 Å². The van der Waals surface area contributed by atoms with Crippen LogP contribution in [0.4, 0.5) is 5.69 Å². The molecule has 1 N–H and O–H groups in total. The van der Waals surface area contributed by atoms with Gasteiger partial charge in [0.05, 0.1) is 6.61 Å². The van der Waals surface area contributed by atoms with Gasteiger partial charge in [0.1, 0.15) is 18.0 Å². The summed E-state index contributed by atoms with van der Waals surface area (Å²) in [5, 5.41) is 3.02. The first-order valence-corrected chi connectivity index (χ1v) is 9.46. The van der Waals surface area contributed by atoms with E-state index in [0.29, 0.717) is 26.4 Å². The van der Waals surface area contributed by atoms with Crippen molar-refractivity contribution < 1.29 is 19.0 Å². The van der Waals surface area contributed by atoms with E-state index in [0.717, 1.165) is 43.5 Å². The van der Waals surface area contributed by atoms with E-state index in [2.05, 4.69) is 12.2 Å². The van der Waals surface area contributed by atoms with Crippen molar-refractivity contribution >= 4 is 11.6 Å². The molecule has 0 aromatic heterocycles. The van der Waals surface area contributed by atoms with Crippen LogP contribution in [-0.2, 0) is 14.3 Å². The standard InChI is InChI=1S/C20H31NO4/c1-3-14-25-20(12-6-5-7-13-20)19(22)21-17-8-10-18(11-9-17)24-16-15-23-4-2/h8-11H,3-7,12-16H2,1-2H3,(H,21,22). The van der Waals surface area contributed by atoms with Crippen LogP contribution in [0.25, 0.3) is 0 Å². The molecular formula is C20H31NO4. The van der Waals surface area contributed by atoms with Crippen LogP contribution in [0, 0.1) is 0 Å². The minimum Gasteiger partial charge on any atom is -0.491 e. The normalized spacial score (nSPS) is 16.4. The summed E-state index contributed by atoms with van der Waals surface area (Å²) in [6.45, 7) is 6.44. The molecule has 0 spiro atoms. The highest BCUT2D eigenvalue weighted by molar-refractivity contribution is 5.97. The molecule has 0 saturated heterocycles. The maximum absolute atomic E-state index is 12.8. The van der Waals surface area contributed by atoms with Gasteiger partial charge in [0.2, 0.25) is 0 Å². The largest absolute Gasteiger partial charge is 0.491 e. The number of ether oxygens (including phenoxy) is 3. The molecule has 0 unspecified atom stereocenters. The van der Waals surface area contributed by atoms with Crippen LogP contribution in [0.3, 0.4) is 0 Å². The first-order valence-electron chi connectivity index (χ1n) is 9.46. The van der Waals surface area contributed by atoms with Gasteiger partial charge in [-0.3, -0.25) is 4.79 Å². The lowest BCUT2D eigenvalue weighted by atomic mass is 9.83. The summed E-state index contributed by atoms with van der Waals surface area (Å²) in [5.74, 6) is 0.748. The molecule has 140 valence electrons. The number of hydrogen-bond acceptors (Lipinski definition) is 4. The van der Waals surface area contributed by atoms with Crippen molar-refractivity contribution in [2.24, 2.45) is 0 Å². The lowest BCUT2D eigenvalue weighted by Crippen LogP contribution is -2.47. The third-order valence-corrected chi connectivity index (χ3v) is 4.47. The number of amides is 1. The molecule has 1 aliphatic carbocycles. The van der Waals surface area contributed by atoms with E-state index >= 15 is 0 Å². The van der Waals surface area contributed by atoms with Gasteiger partial charge in [-0.05, 0) is 50.5 Å². The Balaban J connectivity index is 1.91.